The van der Waals surface area contributed by atoms with Crippen LogP contribution in [0.15, 0.2) is 28.3 Å². The fraction of sp³-hybridized carbons (Fsp3) is 0.231. The second-order valence-electron chi connectivity index (χ2n) is 3.93. The van der Waals surface area contributed by atoms with Crippen molar-refractivity contribution in [2.45, 2.75) is 13.8 Å². The van der Waals surface area contributed by atoms with E-state index in [1.807, 2.05) is 32.0 Å². The molecule has 0 heterocycles. The monoisotopic (exact) mass is 300 g/mol. The summed E-state index contributed by atoms with van der Waals surface area (Å²) >= 11 is 11.5. The molecule has 0 aromatic heterocycles. The lowest BCUT2D eigenvalue weighted by atomic mass is 10.1. The van der Waals surface area contributed by atoms with Crippen molar-refractivity contribution in [3.63, 3.8) is 0 Å². The predicted molar refractivity (Wildman–Crippen MR) is 77.3 cm³/mol. The van der Waals surface area contributed by atoms with Crippen LogP contribution >= 0.6 is 23.2 Å². The molecular weight excluding hydrogens is 287 g/mol. The number of hydrogen-bond acceptors (Lipinski definition) is 2. The van der Waals surface area contributed by atoms with Crippen molar-refractivity contribution in [3.8, 4) is 0 Å². The van der Waals surface area contributed by atoms with Gasteiger partial charge in [0.1, 0.15) is 10.1 Å². The molecule has 0 atom stereocenters. The van der Waals surface area contributed by atoms with Crippen LogP contribution in [-0.2, 0) is 9.59 Å². The maximum atomic E-state index is 11.9. The van der Waals surface area contributed by atoms with Gasteiger partial charge in [0.15, 0.2) is 0 Å². The van der Waals surface area contributed by atoms with Gasteiger partial charge in [0, 0.05) is 12.7 Å². The molecule has 1 aromatic carbocycles. The number of nitrogens with one attached hydrogen (secondary N) is 2. The molecule has 19 heavy (non-hydrogen) atoms. The number of anilines is 1. The van der Waals surface area contributed by atoms with Crippen molar-refractivity contribution in [3.05, 3.63) is 39.4 Å². The molecule has 2 N–H and O–H groups in total. The fourth-order valence-corrected chi connectivity index (χ4v) is 1.80. The van der Waals surface area contributed by atoms with E-state index in [0.29, 0.717) is 5.69 Å². The van der Waals surface area contributed by atoms with Crippen LogP contribution < -0.4 is 10.6 Å². The number of aryl methyl sites for hydroxylation is 2. The number of hydrogen-bond donors (Lipinski definition) is 2. The molecule has 0 aliphatic heterocycles. The second kappa shape index (κ2) is 6.59. The molecule has 0 saturated heterocycles. The van der Waals surface area contributed by atoms with Crippen LogP contribution in [0.25, 0.3) is 0 Å². The topological polar surface area (TPSA) is 58.2 Å². The van der Waals surface area contributed by atoms with Gasteiger partial charge in [0.05, 0.1) is 0 Å². The molecule has 0 bridgehead atoms. The first kappa shape index (κ1) is 15.5. The summed E-state index contributed by atoms with van der Waals surface area (Å²) in [5.41, 5.74) is 2.45. The zero-order valence-electron chi connectivity index (χ0n) is 10.8. The van der Waals surface area contributed by atoms with E-state index in [1.165, 1.54) is 7.05 Å². The van der Waals surface area contributed by atoms with E-state index in [4.69, 9.17) is 23.2 Å². The predicted octanol–water partition coefficient (Wildman–Crippen LogP) is 2.68. The quantitative estimate of drug-likeness (QED) is 0.843. The van der Waals surface area contributed by atoms with Gasteiger partial charge in [-0.2, -0.15) is 0 Å². The molecule has 4 nitrogen and oxygen atoms in total. The van der Waals surface area contributed by atoms with Crippen LogP contribution in [-0.4, -0.2) is 18.9 Å². The average molecular weight is 301 g/mol. The van der Waals surface area contributed by atoms with Crippen LogP contribution in [0.4, 0.5) is 5.69 Å². The number of para-hydroxylation sites is 1. The third kappa shape index (κ3) is 3.72. The third-order valence-electron chi connectivity index (χ3n) is 2.54. The smallest absolute Gasteiger partial charge is 0.268 e. The molecule has 0 spiro atoms. The van der Waals surface area contributed by atoms with E-state index in [0.717, 1.165) is 11.1 Å². The van der Waals surface area contributed by atoms with Gasteiger partial charge in [-0.3, -0.25) is 9.59 Å². The van der Waals surface area contributed by atoms with Crippen LogP contribution in [0.5, 0.6) is 0 Å². The number of carbonyl (C=O) groups excluding carboxylic acids is 2. The third-order valence-corrected chi connectivity index (χ3v) is 3.36. The molecule has 0 radical (unpaired) electrons. The Morgan fingerprint density at radius 3 is 1.95 bits per heavy atom. The minimum Gasteiger partial charge on any atom is -0.354 e. The van der Waals surface area contributed by atoms with Gasteiger partial charge >= 0.3 is 0 Å². The molecule has 0 aliphatic rings. The maximum absolute atomic E-state index is 11.9. The molecule has 102 valence electrons. The van der Waals surface area contributed by atoms with Crippen molar-refractivity contribution in [2.24, 2.45) is 0 Å². The van der Waals surface area contributed by atoms with Crippen LogP contribution in [0.3, 0.4) is 0 Å². The van der Waals surface area contributed by atoms with E-state index < -0.39 is 11.8 Å². The molecule has 0 aliphatic carbocycles. The number of halogens is 2. The van der Waals surface area contributed by atoms with Crippen molar-refractivity contribution < 1.29 is 9.59 Å². The molecular formula is C13H14Cl2N2O2. The van der Waals surface area contributed by atoms with Crippen molar-refractivity contribution in [2.75, 3.05) is 12.4 Å². The van der Waals surface area contributed by atoms with Gasteiger partial charge in [-0.1, -0.05) is 41.4 Å². The van der Waals surface area contributed by atoms with Gasteiger partial charge in [0.2, 0.25) is 0 Å². The summed E-state index contributed by atoms with van der Waals surface area (Å²) < 4.78 is 0. The largest absolute Gasteiger partial charge is 0.354 e. The molecule has 0 saturated carbocycles. The fourth-order valence-electron chi connectivity index (χ4n) is 1.49. The van der Waals surface area contributed by atoms with Crippen molar-refractivity contribution in [1.82, 2.24) is 5.32 Å². The lowest BCUT2D eigenvalue weighted by Crippen LogP contribution is -2.22. The Bertz CT molecular complexity index is 533. The normalized spacial score (nSPS) is 11.6. The van der Waals surface area contributed by atoms with Crippen molar-refractivity contribution >= 4 is 40.7 Å². The van der Waals surface area contributed by atoms with Gasteiger partial charge in [-0.05, 0) is 25.0 Å². The number of carbonyl (C=O) groups is 2. The minimum atomic E-state index is -0.618. The standard InChI is InChI=1S/C13H14Cl2N2O2/c1-7-5-4-6-8(2)11(7)17-13(19)10(15)9(14)12(18)16-3/h4-6H,1-3H3,(H,16,18)(H,17,19)/b10-9-. The zero-order chi connectivity index (χ0) is 14.6. The second-order valence-corrected chi connectivity index (χ2v) is 4.68. The lowest BCUT2D eigenvalue weighted by molar-refractivity contribution is -0.117. The van der Waals surface area contributed by atoms with E-state index in [-0.39, 0.29) is 10.1 Å². The number of benzene rings is 1. The Morgan fingerprint density at radius 1 is 1.00 bits per heavy atom. The number of rotatable bonds is 3. The van der Waals surface area contributed by atoms with E-state index in [9.17, 15) is 9.59 Å². The highest BCUT2D eigenvalue weighted by atomic mass is 35.5. The number of likely N-dealkylation sites (N-methyl/N-ethyl adjacent to an activating group) is 1. The van der Waals surface area contributed by atoms with Crippen molar-refractivity contribution in [1.29, 1.82) is 0 Å². The number of amides is 2. The summed E-state index contributed by atoms with van der Waals surface area (Å²) in [6, 6.07) is 5.61. The maximum Gasteiger partial charge on any atom is 0.268 e. The van der Waals surface area contributed by atoms with Crippen LogP contribution in [0.2, 0.25) is 0 Å². The first-order valence-corrected chi connectivity index (χ1v) is 6.29. The summed E-state index contributed by atoms with van der Waals surface area (Å²) in [6.07, 6.45) is 0. The molecule has 1 rings (SSSR count). The summed E-state index contributed by atoms with van der Waals surface area (Å²) in [5, 5.41) is 4.26. The Morgan fingerprint density at radius 2 is 1.47 bits per heavy atom. The lowest BCUT2D eigenvalue weighted by Gasteiger charge is -2.11. The minimum absolute atomic E-state index is 0.340. The Balaban J connectivity index is 3.01. The van der Waals surface area contributed by atoms with Crippen LogP contribution in [0.1, 0.15) is 11.1 Å². The SMILES string of the molecule is CNC(=O)/C(Cl)=C(/Cl)C(=O)Nc1c(C)cccc1C. The Hall–Kier alpha value is -1.52. The van der Waals surface area contributed by atoms with Crippen LogP contribution in [0, 0.1) is 13.8 Å². The summed E-state index contributed by atoms with van der Waals surface area (Å²) in [7, 11) is 1.40. The van der Waals surface area contributed by atoms with Gasteiger partial charge in [-0.15, -0.1) is 0 Å². The molecule has 0 unspecified atom stereocenters. The zero-order valence-corrected chi connectivity index (χ0v) is 12.3. The Kier molecular flexibility index (Phi) is 5.39. The van der Waals surface area contributed by atoms with Gasteiger partial charge < -0.3 is 10.6 Å². The van der Waals surface area contributed by atoms with Gasteiger partial charge in [0.25, 0.3) is 11.8 Å². The molecule has 2 amide bonds. The summed E-state index contributed by atoms with van der Waals surface area (Å²) in [4.78, 5) is 23.2. The molecule has 6 heteroatoms. The highest BCUT2D eigenvalue weighted by molar-refractivity contribution is 6.54. The van der Waals surface area contributed by atoms with Gasteiger partial charge in [-0.25, -0.2) is 0 Å². The summed E-state index contributed by atoms with van der Waals surface area (Å²) in [6.45, 7) is 3.72. The van der Waals surface area contributed by atoms with E-state index >= 15 is 0 Å². The van der Waals surface area contributed by atoms with E-state index in [2.05, 4.69) is 10.6 Å². The highest BCUT2D eigenvalue weighted by Crippen LogP contribution is 2.22. The first-order valence-electron chi connectivity index (χ1n) is 5.53. The highest BCUT2D eigenvalue weighted by Gasteiger charge is 2.18. The summed E-state index contributed by atoms with van der Waals surface area (Å²) in [5.74, 6) is -1.23. The average Bonchev–Trinajstić information content (AvgIpc) is 2.40. The first-order chi connectivity index (χ1) is 8.88. The Labute approximate surface area is 121 Å². The molecule has 0 fully saturated rings. The molecule has 1 aromatic rings. The van der Waals surface area contributed by atoms with E-state index in [1.54, 1.807) is 0 Å².